The summed E-state index contributed by atoms with van der Waals surface area (Å²) in [5.74, 6) is -1.35. The molecule has 0 fully saturated rings. The summed E-state index contributed by atoms with van der Waals surface area (Å²) in [4.78, 5) is 22.2. The van der Waals surface area contributed by atoms with Crippen molar-refractivity contribution < 1.29 is 27.9 Å². The summed E-state index contributed by atoms with van der Waals surface area (Å²) in [5.41, 5.74) is -4.80. The van der Waals surface area contributed by atoms with E-state index in [1.54, 1.807) is 20.8 Å². The van der Waals surface area contributed by atoms with E-state index in [0.29, 0.717) is 0 Å². The molecular formula is C11H19F3N2O3S. The maximum atomic E-state index is 11.9. The lowest BCUT2D eigenvalue weighted by Gasteiger charge is -2.30. The molecule has 1 atom stereocenters. The lowest BCUT2D eigenvalue weighted by Crippen LogP contribution is -2.49. The Labute approximate surface area is 119 Å². The number of carbonyl (C=O) groups excluding carboxylic acids is 1. The van der Waals surface area contributed by atoms with E-state index in [0.717, 1.165) is 0 Å². The Kier molecular flexibility index (Phi) is 7.18. The van der Waals surface area contributed by atoms with E-state index in [1.165, 1.54) is 0 Å². The average Bonchev–Trinajstić information content (AvgIpc) is 2.20. The van der Waals surface area contributed by atoms with Crippen LogP contribution in [0.3, 0.4) is 0 Å². The number of hydrogen-bond donors (Lipinski definition) is 3. The zero-order valence-electron chi connectivity index (χ0n) is 11.5. The molecule has 1 unspecified atom stereocenters. The van der Waals surface area contributed by atoms with Gasteiger partial charge in [0.2, 0.25) is 0 Å². The predicted octanol–water partition coefficient (Wildman–Crippen LogP) is 2.43. The molecule has 0 saturated carbocycles. The van der Waals surface area contributed by atoms with Crippen LogP contribution in [0.5, 0.6) is 0 Å². The number of alkyl halides is 3. The fraction of sp³-hybridized carbons (Fsp3) is 0.818. The standard InChI is InChI=1S/C11H19F3N2O3S/c1-10(2,3)7(6-8(17)18)16-9(19)15-4-5-20-11(12,13)14/h7H,4-6H2,1-3H3,(H,17,18)(H2,15,16,19). The van der Waals surface area contributed by atoms with E-state index in [9.17, 15) is 22.8 Å². The number of halogens is 3. The van der Waals surface area contributed by atoms with Gasteiger partial charge in [-0.25, -0.2) is 4.79 Å². The molecule has 0 saturated heterocycles. The first-order chi connectivity index (χ1) is 8.92. The van der Waals surface area contributed by atoms with Crippen LogP contribution in [0.2, 0.25) is 0 Å². The molecular weight excluding hydrogens is 297 g/mol. The average molecular weight is 316 g/mol. The van der Waals surface area contributed by atoms with Gasteiger partial charge in [-0.05, 0) is 17.2 Å². The third-order valence-corrected chi connectivity index (χ3v) is 3.12. The molecule has 0 spiro atoms. The van der Waals surface area contributed by atoms with Crippen LogP contribution in [0.15, 0.2) is 0 Å². The van der Waals surface area contributed by atoms with E-state index >= 15 is 0 Å². The van der Waals surface area contributed by atoms with Crippen molar-refractivity contribution in [3.63, 3.8) is 0 Å². The van der Waals surface area contributed by atoms with Gasteiger partial charge in [0.25, 0.3) is 0 Å². The molecule has 2 amide bonds. The van der Waals surface area contributed by atoms with Gasteiger partial charge in [-0.2, -0.15) is 13.2 Å². The van der Waals surface area contributed by atoms with Crippen LogP contribution in [0.1, 0.15) is 27.2 Å². The molecule has 0 aliphatic heterocycles. The third kappa shape index (κ3) is 9.76. The molecule has 0 aliphatic rings. The van der Waals surface area contributed by atoms with Crippen LogP contribution >= 0.6 is 11.8 Å². The molecule has 20 heavy (non-hydrogen) atoms. The summed E-state index contributed by atoms with van der Waals surface area (Å²) in [7, 11) is 0. The molecule has 5 nitrogen and oxygen atoms in total. The van der Waals surface area contributed by atoms with E-state index < -0.39 is 29.0 Å². The second-order valence-electron chi connectivity index (χ2n) is 5.21. The first-order valence-corrected chi connectivity index (χ1v) is 6.87. The van der Waals surface area contributed by atoms with E-state index in [1.807, 2.05) is 0 Å². The molecule has 0 bridgehead atoms. The number of urea groups is 1. The summed E-state index contributed by atoms with van der Waals surface area (Å²) in [5, 5.41) is 13.5. The number of amides is 2. The molecule has 0 radical (unpaired) electrons. The number of nitrogens with one attached hydrogen (secondary N) is 2. The van der Waals surface area contributed by atoms with Crippen LogP contribution in [0.4, 0.5) is 18.0 Å². The number of carboxylic acids is 1. The van der Waals surface area contributed by atoms with E-state index in [2.05, 4.69) is 10.6 Å². The SMILES string of the molecule is CC(C)(C)C(CC(=O)O)NC(=O)NCCSC(F)(F)F. The Morgan fingerprint density at radius 1 is 1.25 bits per heavy atom. The van der Waals surface area contributed by atoms with Crippen molar-refractivity contribution >= 4 is 23.8 Å². The Balaban J connectivity index is 4.17. The number of rotatable bonds is 6. The highest BCUT2D eigenvalue weighted by Gasteiger charge is 2.29. The molecule has 3 N–H and O–H groups in total. The van der Waals surface area contributed by atoms with Crippen molar-refractivity contribution in [2.45, 2.75) is 38.7 Å². The van der Waals surface area contributed by atoms with Crippen LogP contribution in [0.25, 0.3) is 0 Å². The number of carboxylic acid groups (broad SMARTS) is 1. The van der Waals surface area contributed by atoms with Gasteiger partial charge in [-0.1, -0.05) is 20.8 Å². The second kappa shape index (κ2) is 7.61. The van der Waals surface area contributed by atoms with Crippen molar-refractivity contribution in [2.75, 3.05) is 12.3 Å². The largest absolute Gasteiger partial charge is 0.481 e. The Hall–Kier alpha value is -1.12. The van der Waals surface area contributed by atoms with Gasteiger partial charge in [-0.3, -0.25) is 4.79 Å². The molecule has 0 heterocycles. The highest BCUT2D eigenvalue weighted by atomic mass is 32.2. The van der Waals surface area contributed by atoms with Gasteiger partial charge in [0.15, 0.2) is 0 Å². The fourth-order valence-electron chi connectivity index (χ4n) is 1.29. The molecule has 0 aliphatic carbocycles. The minimum atomic E-state index is -4.32. The van der Waals surface area contributed by atoms with Crippen LogP contribution in [-0.4, -0.2) is 41.0 Å². The number of aliphatic carboxylic acids is 1. The molecule has 0 aromatic heterocycles. The lowest BCUT2D eigenvalue weighted by molar-refractivity contribution is -0.138. The number of hydrogen-bond acceptors (Lipinski definition) is 3. The minimum Gasteiger partial charge on any atom is -0.481 e. The molecule has 0 aromatic rings. The second-order valence-corrected chi connectivity index (χ2v) is 6.37. The Morgan fingerprint density at radius 3 is 2.20 bits per heavy atom. The lowest BCUT2D eigenvalue weighted by atomic mass is 9.85. The first kappa shape index (κ1) is 18.9. The zero-order valence-corrected chi connectivity index (χ0v) is 12.3. The zero-order chi connectivity index (χ0) is 16.0. The summed E-state index contributed by atoms with van der Waals surface area (Å²) >= 11 is -0.226. The third-order valence-electron chi connectivity index (χ3n) is 2.38. The fourth-order valence-corrected chi connectivity index (χ4v) is 1.72. The molecule has 0 rings (SSSR count). The predicted molar refractivity (Wildman–Crippen MR) is 70.5 cm³/mol. The normalized spacial score (nSPS) is 13.7. The smallest absolute Gasteiger partial charge is 0.441 e. The van der Waals surface area contributed by atoms with Crippen LogP contribution in [0, 0.1) is 5.41 Å². The summed E-state index contributed by atoms with van der Waals surface area (Å²) in [6.07, 6.45) is -0.256. The number of carbonyl (C=O) groups is 2. The van der Waals surface area contributed by atoms with E-state index in [-0.39, 0.29) is 30.5 Å². The van der Waals surface area contributed by atoms with Gasteiger partial charge in [0.1, 0.15) is 0 Å². The van der Waals surface area contributed by atoms with Crippen LogP contribution < -0.4 is 10.6 Å². The highest BCUT2D eigenvalue weighted by Crippen LogP contribution is 2.29. The molecule has 9 heteroatoms. The summed E-state index contributed by atoms with van der Waals surface area (Å²) in [6.45, 7) is 5.14. The maximum absolute atomic E-state index is 11.9. The van der Waals surface area contributed by atoms with Crippen molar-refractivity contribution in [2.24, 2.45) is 5.41 Å². The van der Waals surface area contributed by atoms with Crippen molar-refractivity contribution in [3.8, 4) is 0 Å². The summed E-state index contributed by atoms with van der Waals surface area (Å²) < 4.78 is 35.6. The minimum absolute atomic E-state index is 0.153. The molecule has 0 aromatic carbocycles. The van der Waals surface area contributed by atoms with Crippen molar-refractivity contribution in [3.05, 3.63) is 0 Å². The van der Waals surface area contributed by atoms with Crippen molar-refractivity contribution in [1.82, 2.24) is 10.6 Å². The van der Waals surface area contributed by atoms with Gasteiger partial charge < -0.3 is 15.7 Å². The highest BCUT2D eigenvalue weighted by molar-refractivity contribution is 8.00. The van der Waals surface area contributed by atoms with Gasteiger partial charge in [-0.15, -0.1) is 0 Å². The summed E-state index contributed by atoms with van der Waals surface area (Å²) in [6, 6.07) is -1.29. The Bertz CT molecular complexity index is 343. The van der Waals surface area contributed by atoms with Gasteiger partial charge in [0, 0.05) is 18.3 Å². The number of thioether (sulfide) groups is 1. The van der Waals surface area contributed by atoms with Gasteiger partial charge in [0.05, 0.1) is 6.42 Å². The van der Waals surface area contributed by atoms with E-state index in [4.69, 9.17) is 5.11 Å². The van der Waals surface area contributed by atoms with Crippen molar-refractivity contribution in [1.29, 1.82) is 0 Å². The molecule has 118 valence electrons. The Morgan fingerprint density at radius 2 is 1.80 bits per heavy atom. The topological polar surface area (TPSA) is 78.4 Å². The van der Waals surface area contributed by atoms with Crippen LogP contribution in [-0.2, 0) is 4.79 Å². The van der Waals surface area contributed by atoms with Gasteiger partial charge >= 0.3 is 17.5 Å². The quantitative estimate of drug-likeness (QED) is 0.658. The first-order valence-electron chi connectivity index (χ1n) is 5.88. The maximum Gasteiger partial charge on any atom is 0.441 e. The monoisotopic (exact) mass is 316 g/mol.